The summed E-state index contributed by atoms with van der Waals surface area (Å²) < 4.78 is 26.5. The first-order chi connectivity index (χ1) is 16.4. The fourth-order valence-corrected chi connectivity index (χ4v) is 4.65. The van der Waals surface area contributed by atoms with Crippen LogP contribution in [0.4, 0.5) is 5.69 Å². The molecular formula is C27H38ClN3O4S. The third-order valence-electron chi connectivity index (χ3n) is 5.66. The van der Waals surface area contributed by atoms with Crippen LogP contribution in [0.1, 0.15) is 59.6 Å². The molecule has 0 fully saturated rings. The highest BCUT2D eigenvalue weighted by Gasteiger charge is 2.31. The Balaban J connectivity index is 2.43. The Morgan fingerprint density at radius 1 is 0.972 bits per heavy atom. The van der Waals surface area contributed by atoms with Crippen LogP contribution in [-0.2, 0) is 31.6 Å². The van der Waals surface area contributed by atoms with Gasteiger partial charge in [-0.2, -0.15) is 0 Å². The van der Waals surface area contributed by atoms with E-state index in [9.17, 15) is 18.0 Å². The summed E-state index contributed by atoms with van der Waals surface area (Å²) in [4.78, 5) is 28.0. The van der Waals surface area contributed by atoms with Gasteiger partial charge in [-0.25, -0.2) is 8.42 Å². The standard InChI is InChI=1S/C27H38ClN3O4S/c1-19(25(33)29-27(5,6)7)30(17-20-11-9-10-12-23(20)28)24(32)18-31(36(8,34)35)22-15-13-21(14-16-22)26(2,3)4/h9-16,19H,17-18H2,1-8H3,(H,29,33)/t19-/m0/s1. The van der Waals surface area contributed by atoms with Gasteiger partial charge in [0.2, 0.25) is 21.8 Å². The maximum atomic E-state index is 13.6. The zero-order valence-electron chi connectivity index (χ0n) is 22.4. The Hall–Kier alpha value is -2.58. The lowest BCUT2D eigenvalue weighted by atomic mass is 9.87. The minimum atomic E-state index is -3.79. The number of hydrogen-bond donors (Lipinski definition) is 1. The molecule has 0 aliphatic heterocycles. The van der Waals surface area contributed by atoms with Crippen molar-refractivity contribution in [2.24, 2.45) is 0 Å². The molecule has 7 nitrogen and oxygen atoms in total. The third kappa shape index (κ3) is 8.23. The van der Waals surface area contributed by atoms with E-state index in [2.05, 4.69) is 26.1 Å². The van der Waals surface area contributed by atoms with Crippen LogP contribution in [0, 0.1) is 0 Å². The molecule has 0 aliphatic rings. The minimum absolute atomic E-state index is 0.0534. The van der Waals surface area contributed by atoms with Crippen LogP contribution >= 0.6 is 11.6 Å². The second-order valence-electron chi connectivity index (χ2n) is 11.1. The van der Waals surface area contributed by atoms with Gasteiger partial charge in [0.1, 0.15) is 12.6 Å². The van der Waals surface area contributed by atoms with Gasteiger partial charge in [-0.05, 0) is 62.4 Å². The summed E-state index contributed by atoms with van der Waals surface area (Å²) in [7, 11) is -3.79. The number of nitrogens with zero attached hydrogens (tertiary/aromatic N) is 2. The largest absolute Gasteiger partial charge is 0.350 e. The summed E-state index contributed by atoms with van der Waals surface area (Å²) in [6.45, 7) is 13.0. The maximum absolute atomic E-state index is 13.6. The Morgan fingerprint density at radius 3 is 2.00 bits per heavy atom. The van der Waals surface area contributed by atoms with Gasteiger partial charge in [-0.1, -0.05) is 62.7 Å². The van der Waals surface area contributed by atoms with Crippen molar-refractivity contribution in [3.05, 3.63) is 64.7 Å². The molecule has 36 heavy (non-hydrogen) atoms. The summed E-state index contributed by atoms with van der Waals surface area (Å²) in [6, 6.07) is 13.3. The molecule has 0 bridgehead atoms. The predicted octanol–water partition coefficient (Wildman–Crippen LogP) is 4.74. The van der Waals surface area contributed by atoms with Crippen molar-refractivity contribution in [2.45, 2.75) is 72.0 Å². The SMILES string of the molecule is C[C@@H](C(=O)NC(C)(C)C)N(Cc1ccccc1Cl)C(=O)CN(c1ccc(C(C)(C)C)cc1)S(C)(=O)=O. The van der Waals surface area contributed by atoms with E-state index in [1.54, 1.807) is 43.3 Å². The number of sulfonamides is 1. The molecule has 1 N–H and O–H groups in total. The average molecular weight is 536 g/mol. The number of amides is 2. The molecule has 0 unspecified atom stereocenters. The molecule has 0 spiro atoms. The van der Waals surface area contributed by atoms with Crippen LogP contribution in [0.15, 0.2) is 48.5 Å². The molecule has 0 heterocycles. The minimum Gasteiger partial charge on any atom is -0.350 e. The van der Waals surface area contributed by atoms with Crippen molar-refractivity contribution in [3.63, 3.8) is 0 Å². The maximum Gasteiger partial charge on any atom is 0.244 e. The molecule has 0 saturated carbocycles. The quantitative estimate of drug-likeness (QED) is 0.529. The highest BCUT2D eigenvalue weighted by Crippen LogP contribution is 2.26. The highest BCUT2D eigenvalue weighted by atomic mass is 35.5. The molecule has 2 aromatic rings. The number of rotatable bonds is 8. The van der Waals surface area contributed by atoms with Crippen LogP contribution in [0.3, 0.4) is 0 Å². The monoisotopic (exact) mass is 535 g/mol. The summed E-state index contributed by atoms with van der Waals surface area (Å²) in [5.74, 6) is -0.861. The number of halogens is 1. The van der Waals surface area contributed by atoms with Gasteiger partial charge < -0.3 is 10.2 Å². The lowest BCUT2D eigenvalue weighted by Crippen LogP contribution is -2.54. The molecular weight excluding hydrogens is 498 g/mol. The number of carbonyl (C=O) groups is 2. The first-order valence-corrected chi connectivity index (χ1v) is 14.1. The predicted molar refractivity (Wildman–Crippen MR) is 147 cm³/mol. The molecule has 0 saturated heterocycles. The zero-order chi connectivity index (χ0) is 27.5. The third-order valence-corrected chi connectivity index (χ3v) is 7.17. The van der Waals surface area contributed by atoms with E-state index < -0.39 is 34.1 Å². The lowest BCUT2D eigenvalue weighted by Gasteiger charge is -2.33. The Labute approximate surface area is 220 Å². The summed E-state index contributed by atoms with van der Waals surface area (Å²) in [5.41, 5.74) is 1.47. The number of benzene rings is 2. The van der Waals surface area contributed by atoms with E-state index in [1.165, 1.54) is 4.90 Å². The van der Waals surface area contributed by atoms with E-state index in [0.29, 0.717) is 16.3 Å². The summed E-state index contributed by atoms with van der Waals surface area (Å²) in [6.07, 6.45) is 1.06. The number of nitrogens with one attached hydrogen (secondary N) is 1. The average Bonchev–Trinajstić information content (AvgIpc) is 2.74. The van der Waals surface area contributed by atoms with Crippen LogP contribution in [0.5, 0.6) is 0 Å². The molecule has 1 atom stereocenters. The van der Waals surface area contributed by atoms with Gasteiger partial charge >= 0.3 is 0 Å². The van der Waals surface area contributed by atoms with Gasteiger partial charge in [0.25, 0.3) is 0 Å². The van der Waals surface area contributed by atoms with Gasteiger partial charge in [0, 0.05) is 17.1 Å². The van der Waals surface area contributed by atoms with Crippen molar-refractivity contribution in [3.8, 4) is 0 Å². The van der Waals surface area contributed by atoms with E-state index in [4.69, 9.17) is 11.6 Å². The van der Waals surface area contributed by atoms with Crippen molar-refractivity contribution in [1.29, 1.82) is 0 Å². The fraction of sp³-hybridized carbons (Fsp3) is 0.481. The first kappa shape index (κ1) is 29.6. The number of anilines is 1. The zero-order valence-corrected chi connectivity index (χ0v) is 24.0. The van der Waals surface area contributed by atoms with E-state index in [0.717, 1.165) is 16.1 Å². The van der Waals surface area contributed by atoms with E-state index in [-0.39, 0.29) is 17.9 Å². The fourth-order valence-electron chi connectivity index (χ4n) is 3.61. The smallest absolute Gasteiger partial charge is 0.244 e. The van der Waals surface area contributed by atoms with Crippen molar-refractivity contribution < 1.29 is 18.0 Å². The molecule has 2 rings (SSSR count). The molecule has 9 heteroatoms. The van der Waals surface area contributed by atoms with Crippen LogP contribution in [0.2, 0.25) is 5.02 Å². The molecule has 0 aliphatic carbocycles. The van der Waals surface area contributed by atoms with Gasteiger partial charge in [-0.3, -0.25) is 13.9 Å². The second-order valence-corrected chi connectivity index (χ2v) is 13.4. The summed E-state index contributed by atoms with van der Waals surface area (Å²) >= 11 is 6.34. The van der Waals surface area contributed by atoms with Gasteiger partial charge in [0.15, 0.2) is 0 Å². The Kier molecular flexibility index (Phi) is 9.24. The molecule has 0 radical (unpaired) electrons. The van der Waals surface area contributed by atoms with Gasteiger partial charge in [-0.15, -0.1) is 0 Å². The van der Waals surface area contributed by atoms with Crippen molar-refractivity contribution in [1.82, 2.24) is 10.2 Å². The molecule has 198 valence electrons. The lowest BCUT2D eigenvalue weighted by molar-refractivity contribution is -0.140. The number of carbonyl (C=O) groups excluding carboxylic acids is 2. The summed E-state index contributed by atoms with van der Waals surface area (Å²) in [5, 5.41) is 3.35. The Morgan fingerprint density at radius 2 is 1.53 bits per heavy atom. The first-order valence-electron chi connectivity index (χ1n) is 11.8. The molecule has 2 aromatic carbocycles. The van der Waals surface area contributed by atoms with Crippen LogP contribution < -0.4 is 9.62 Å². The normalized spacial score (nSPS) is 13.1. The van der Waals surface area contributed by atoms with Crippen molar-refractivity contribution in [2.75, 3.05) is 17.1 Å². The molecule has 2 amide bonds. The van der Waals surface area contributed by atoms with Crippen LogP contribution in [0.25, 0.3) is 0 Å². The topological polar surface area (TPSA) is 86.8 Å². The van der Waals surface area contributed by atoms with Gasteiger partial charge in [0.05, 0.1) is 11.9 Å². The second kappa shape index (κ2) is 11.2. The number of hydrogen-bond acceptors (Lipinski definition) is 4. The van der Waals surface area contributed by atoms with E-state index >= 15 is 0 Å². The molecule has 0 aromatic heterocycles. The Bertz CT molecular complexity index is 1180. The van der Waals surface area contributed by atoms with Crippen LogP contribution in [-0.4, -0.2) is 49.5 Å². The highest BCUT2D eigenvalue weighted by molar-refractivity contribution is 7.92. The van der Waals surface area contributed by atoms with E-state index in [1.807, 2.05) is 32.9 Å². The van der Waals surface area contributed by atoms with Crippen molar-refractivity contribution >= 4 is 39.1 Å².